The maximum absolute atomic E-state index is 11.7. The van der Waals surface area contributed by atoms with E-state index in [-0.39, 0.29) is 5.56 Å². The van der Waals surface area contributed by atoms with E-state index in [4.69, 9.17) is 0 Å². The van der Waals surface area contributed by atoms with E-state index in [9.17, 15) is 4.79 Å². The molecule has 0 spiro atoms. The molecular weight excluding hydrogens is 226 g/mol. The summed E-state index contributed by atoms with van der Waals surface area (Å²) >= 11 is 0. The van der Waals surface area contributed by atoms with Crippen LogP contribution in [0.3, 0.4) is 0 Å². The number of benzene rings is 2. The highest BCUT2D eigenvalue weighted by Gasteiger charge is 2.07. The monoisotopic (exact) mass is 235 g/mol. The topological polar surface area (TPSA) is 61.5 Å². The highest BCUT2D eigenvalue weighted by Crippen LogP contribution is 2.27. The molecule has 0 aliphatic carbocycles. The van der Waals surface area contributed by atoms with Crippen molar-refractivity contribution in [3.05, 3.63) is 53.1 Å². The van der Waals surface area contributed by atoms with Crippen molar-refractivity contribution in [1.29, 1.82) is 0 Å². The maximum Gasteiger partial charge on any atom is 0.258 e. The summed E-state index contributed by atoms with van der Waals surface area (Å²) in [6.07, 6.45) is 1.44. The molecule has 18 heavy (non-hydrogen) atoms. The van der Waals surface area contributed by atoms with Gasteiger partial charge >= 0.3 is 0 Å². The number of fused-ring (bicyclic) bond motifs is 4. The fourth-order valence-electron chi connectivity index (χ4n) is 2.41. The zero-order valence-electron chi connectivity index (χ0n) is 9.40. The number of para-hydroxylation sites is 1. The van der Waals surface area contributed by atoms with Gasteiger partial charge in [0.15, 0.2) is 0 Å². The summed E-state index contributed by atoms with van der Waals surface area (Å²) in [7, 11) is 0. The minimum Gasteiger partial charge on any atom is -0.354 e. The number of hydrogen-bond acceptors (Lipinski definition) is 2. The normalized spacial score (nSPS) is 11.6. The molecule has 0 aliphatic rings. The van der Waals surface area contributed by atoms with Crippen molar-refractivity contribution >= 4 is 32.7 Å². The fourth-order valence-corrected chi connectivity index (χ4v) is 2.41. The first kappa shape index (κ1) is 9.41. The Morgan fingerprint density at radius 2 is 1.83 bits per heavy atom. The molecule has 0 amide bonds. The second-order valence-corrected chi connectivity index (χ2v) is 4.32. The Bertz CT molecular complexity index is 949. The SMILES string of the molecule is O=c1[nH]cnc2cc3c(cc12)[nH]c1ccccc13. The van der Waals surface area contributed by atoms with Gasteiger partial charge in [0.2, 0.25) is 0 Å². The van der Waals surface area contributed by atoms with Gasteiger partial charge in [0.25, 0.3) is 5.56 Å². The van der Waals surface area contributed by atoms with Gasteiger partial charge in [-0.3, -0.25) is 4.79 Å². The first-order valence-corrected chi connectivity index (χ1v) is 5.71. The van der Waals surface area contributed by atoms with Crippen molar-refractivity contribution < 1.29 is 0 Å². The lowest BCUT2D eigenvalue weighted by molar-refractivity contribution is 1.17. The molecule has 0 atom stereocenters. The van der Waals surface area contributed by atoms with Gasteiger partial charge in [0.1, 0.15) is 0 Å². The highest BCUT2D eigenvalue weighted by molar-refractivity contribution is 6.11. The van der Waals surface area contributed by atoms with Gasteiger partial charge in [-0.15, -0.1) is 0 Å². The molecule has 4 nitrogen and oxygen atoms in total. The lowest BCUT2D eigenvalue weighted by Gasteiger charge is -1.96. The molecule has 4 heteroatoms. The van der Waals surface area contributed by atoms with Crippen molar-refractivity contribution in [3.63, 3.8) is 0 Å². The number of hydrogen-bond donors (Lipinski definition) is 2. The molecule has 86 valence electrons. The van der Waals surface area contributed by atoms with Crippen molar-refractivity contribution in [2.24, 2.45) is 0 Å². The summed E-state index contributed by atoms with van der Waals surface area (Å²) < 4.78 is 0. The molecule has 2 N–H and O–H groups in total. The van der Waals surface area contributed by atoms with Crippen LogP contribution in [0, 0.1) is 0 Å². The van der Waals surface area contributed by atoms with Gasteiger partial charge in [-0.2, -0.15) is 0 Å². The lowest BCUT2D eigenvalue weighted by atomic mass is 10.1. The molecule has 0 bridgehead atoms. The fraction of sp³-hybridized carbons (Fsp3) is 0. The van der Waals surface area contributed by atoms with E-state index in [0.717, 1.165) is 27.3 Å². The number of nitrogens with zero attached hydrogens (tertiary/aromatic N) is 1. The summed E-state index contributed by atoms with van der Waals surface area (Å²) in [6.45, 7) is 0. The summed E-state index contributed by atoms with van der Waals surface area (Å²) in [6, 6.07) is 11.9. The minimum absolute atomic E-state index is 0.111. The van der Waals surface area contributed by atoms with Crippen LogP contribution in [0.4, 0.5) is 0 Å². The third-order valence-electron chi connectivity index (χ3n) is 3.27. The van der Waals surface area contributed by atoms with E-state index in [0.29, 0.717) is 5.39 Å². The van der Waals surface area contributed by atoms with E-state index in [2.05, 4.69) is 21.0 Å². The van der Waals surface area contributed by atoms with Gasteiger partial charge in [-0.1, -0.05) is 18.2 Å². The average Bonchev–Trinajstić information content (AvgIpc) is 2.75. The summed E-state index contributed by atoms with van der Waals surface area (Å²) in [5, 5.41) is 2.85. The van der Waals surface area contributed by atoms with E-state index >= 15 is 0 Å². The van der Waals surface area contributed by atoms with Gasteiger partial charge in [0.05, 0.1) is 17.2 Å². The number of nitrogens with one attached hydrogen (secondary N) is 2. The average molecular weight is 235 g/mol. The zero-order valence-corrected chi connectivity index (χ0v) is 9.40. The smallest absolute Gasteiger partial charge is 0.258 e. The maximum atomic E-state index is 11.7. The standard InChI is InChI=1S/C14H9N3O/c18-14-10-6-13-9(5-12(10)15-7-16-14)8-3-1-2-4-11(8)17-13/h1-7,17H,(H,15,16,18). The largest absolute Gasteiger partial charge is 0.354 e. The van der Waals surface area contributed by atoms with Crippen LogP contribution in [-0.2, 0) is 0 Å². The zero-order chi connectivity index (χ0) is 12.1. The molecular formula is C14H9N3O. The molecule has 0 aliphatic heterocycles. The molecule has 2 aromatic carbocycles. The van der Waals surface area contributed by atoms with E-state index < -0.39 is 0 Å². The van der Waals surface area contributed by atoms with Gasteiger partial charge in [-0.05, 0) is 18.2 Å². The van der Waals surface area contributed by atoms with Crippen LogP contribution in [0.5, 0.6) is 0 Å². The van der Waals surface area contributed by atoms with Crippen LogP contribution in [0.15, 0.2) is 47.5 Å². The molecule has 4 rings (SSSR count). The van der Waals surface area contributed by atoms with Gasteiger partial charge < -0.3 is 9.97 Å². The second-order valence-electron chi connectivity index (χ2n) is 4.32. The minimum atomic E-state index is -0.111. The number of rotatable bonds is 0. The molecule has 0 unspecified atom stereocenters. The molecule has 0 radical (unpaired) electrons. The van der Waals surface area contributed by atoms with Crippen molar-refractivity contribution in [3.8, 4) is 0 Å². The third kappa shape index (κ3) is 1.14. The first-order valence-electron chi connectivity index (χ1n) is 5.71. The summed E-state index contributed by atoms with van der Waals surface area (Å²) in [5.41, 5.74) is 2.64. The van der Waals surface area contributed by atoms with Crippen LogP contribution in [-0.4, -0.2) is 15.0 Å². The lowest BCUT2D eigenvalue weighted by Crippen LogP contribution is -2.05. The number of aromatic amines is 2. The summed E-state index contributed by atoms with van der Waals surface area (Å²) in [5.74, 6) is 0. The Hall–Kier alpha value is -2.62. The summed E-state index contributed by atoms with van der Waals surface area (Å²) in [4.78, 5) is 21.8. The van der Waals surface area contributed by atoms with Crippen LogP contribution < -0.4 is 5.56 Å². The molecule has 2 aromatic heterocycles. The van der Waals surface area contributed by atoms with E-state index in [1.165, 1.54) is 6.33 Å². The van der Waals surface area contributed by atoms with Crippen LogP contribution in [0.1, 0.15) is 0 Å². The molecule has 2 heterocycles. The third-order valence-corrected chi connectivity index (χ3v) is 3.27. The van der Waals surface area contributed by atoms with Crippen LogP contribution >= 0.6 is 0 Å². The Balaban J connectivity index is 2.31. The van der Waals surface area contributed by atoms with E-state index in [1.807, 2.05) is 30.3 Å². The van der Waals surface area contributed by atoms with Crippen LogP contribution in [0.25, 0.3) is 32.7 Å². The van der Waals surface area contributed by atoms with Crippen molar-refractivity contribution in [2.75, 3.05) is 0 Å². The van der Waals surface area contributed by atoms with Crippen molar-refractivity contribution in [2.45, 2.75) is 0 Å². The van der Waals surface area contributed by atoms with Crippen LogP contribution in [0.2, 0.25) is 0 Å². The Kier molecular flexibility index (Phi) is 1.67. The van der Waals surface area contributed by atoms with Gasteiger partial charge in [0, 0.05) is 21.8 Å². The van der Waals surface area contributed by atoms with E-state index in [1.54, 1.807) is 0 Å². The second kappa shape index (κ2) is 3.20. The molecule has 0 saturated heterocycles. The Labute approximate surface area is 101 Å². The van der Waals surface area contributed by atoms with Gasteiger partial charge in [-0.25, -0.2) is 4.98 Å². The quantitative estimate of drug-likeness (QED) is 0.492. The predicted octanol–water partition coefficient (Wildman–Crippen LogP) is 2.56. The molecule has 0 fully saturated rings. The van der Waals surface area contributed by atoms with Crippen molar-refractivity contribution in [1.82, 2.24) is 15.0 Å². The molecule has 4 aromatic rings. The molecule has 0 saturated carbocycles. The number of H-pyrrole nitrogens is 2. The highest BCUT2D eigenvalue weighted by atomic mass is 16.1. The first-order chi connectivity index (χ1) is 8.83. The number of aromatic nitrogens is 3. The predicted molar refractivity (Wildman–Crippen MR) is 71.7 cm³/mol. The Morgan fingerprint density at radius 1 is 0.944 bits per heavy atom. The Morgan fingerprint density at radius 3 is 2.78 bits per heavy atom.